The van der Waals surface area contributed by atoms with E-state index in [0.717, 1.165) is 5.56 Å². The zero-order valence-corrected chi connectivity index (χ0v) is 12.9. The van der Waals surface area contributed by atoms with Gasteiger partial charge < -0.3 is 9.84 Å². The Kier molecular flexibility index (Phi) is 4.81. The van der Waals surface area contributed by atoms with E-state index in [9.17, 15) is 9.59 Å². The van der Waals surface area contributed by atoms with Crippen molar-refractivity contribution in [2.24, 2.45) is 0 Å². The maximum absolute atomic E-state index is 12.0. The van der Waals surface area contributed by atoms with E-state index in [-0.39, 0.29) is 17.2 Å². The van der Waals surface area contributed by atoms with Crippen LogP contribution in [0.3, 0.4) is 0 Å². The van der Waals surface area contributed by atoms with E-state index in [4.69, 9.17) is 4.52 Å². The molecule has 0 saturated carbocycles. The lowest BCUT2D eigenvalue weighted by Gasteiger charge is -2.04. The van der Waals surface area contributed by atoms with Crippen molar-refractivity contribution in [3.63, 3.8) is 0 Å². The predicted molar refractivity (Wildman–Crippen MR) is 87.4 cm³/mol. The highest BCUT2D eigenvalue weighted by molar-refractivity contribution is 5.93. The minimum Gasteiger partial charge on any atom is -0.355 e. The Morgan fingerprint density at radius 2 is 2.00 bits per heavy atom. The largest absolute Gasteiger partial charge is 0.355 e. The fourth-order valence-electron chi connectivity index (χ4n) is 2.20. The summed E-state index contributed by atoms with van der Waals surface area (Å²) in [6.45, 7) is 0.851. The number of carbonyl (C=O) groups excluding carboxylic acids is 1. The molecule has 3 aromatic rings. The molecule has 7 heteroatoms. The van der Waals surface area contributed by atoms with Gasteiger partial charge in [-0.2, -0.15) is 5.10 Å². The van der Waals surface area contributed by atoms with Crippen LogP contribution in [0.2, 0.25) is 0 Å². The van der Waals surface area contributed by atoms with Gasteiger partial charge in [-0.15, -0.1) is 0 Å². The molecule has 1 amide bonds. The lowest BCUT2D eigenvalue weighted by molar-refractivity contribution is 0.0943. The molecule has 0 unspecified atom stereocenters. The van der Waals surface area contributed by atoms with Gasteiger partial charge in [-0.25, -0.2) is 4.68 Å². The van der Waals surface area contributed by atoms with Gasteiger partial charge in [0.05, 0.1) is 0 Å². The van der Waals surface area contributed by atoms with Crippen molar-refractivity contribution in [1.29, 1.82) is 0 Å². The van der Waals surface area contributed by atoms with Crippen LogP contribution in [0, 0.1) is 0 Å². The second kappa shape index (κ2) is 7.36. The van der Waals surface area contributed by atoms with E-state index in [1.807, 2.05) is 30.3 Å². The van der Waals surface area contributed by atoms with E-state index >= 15 is 0 Å². The maximum atomic E-state index is 12.0. The fraction of sp³-hybridized carbons (Fsp3) is 0.176. The number of carbonyl (C=O) groups is 1. The Morgan fingerprint density at radius 3 is 2.79 bits per heavy atom. The molecule has 0 fully saturated rings. The van der Waals surface area contributed by atoms with Crippen LogP contribution in [-0.4, -0.2) is 27.4 Å². The number of hydrogen-bond acceptors (Lipinski definition) is 5. The van der Waals surface area contributed by atoms with Gasteiger partial charge in [-0.3, -0.25) is 9.59 Å². The summed E-state index contributed by atoms with van der Waals surface area (Å²) >= 11 is 0. The number of nitrogens with zero attached hydrogens (tertiary/aromatic N) is 3. The Morgan fingerprint density at radius 1 is 1.17 bits per heavy atom. The first kappa shape index (κ1) is 15.7. The zero-order chi connectivity index (χ0) is 16.8. The van der Waals surface area contributed by atoms with Gasteiger partial charge in [0.25, 0.3) is 11.5 Å². The minimum absolute atomic E-state index is 0.159. The van der Waals surface area contributed by atoms with Gasteiger partial charge in [0.15, 0.2) is 11.5 Å². The van der Waals surface area contributed by atoms with E-state index < -0.39 is 0 Å². The molecule has 122 valence electrons. The summed E-state index contributed by atoms with van der Waals surface area (Å²) in [6.07, 6.45) is 2.15. The molecule has 2 heterocycles. The molecular weight excluding hydrogens is 308 g/mol. The third-order valence-electron chi connectivity index (χ3n) is 3.42. The van der Waals surface area contributed by atoms with Gasteiger partial charge in [-0.1, -0.05) is 35.5 Å². The Balaban J connectivity index is 1.52. The van der Waals surface area contributed by atoms with Crippen molar-refractivity contribution in [1.82, 2.24) is 20.3 Å². The number of benzene rings is 1. The highest BCUT2D eigenvalue weighted by Gasteiger charge is 2.13. The molecule has 0 radical (unpaired) electrons. The van der Waals surface area contributed by atoms with Gasteiger partial charge in [0, 0.05) is 37.0 Å². The standard InChI is InChI=1S/C17H16N4O3/c22-16-8-4-10-19-21(16)11-5-9-18-17(23)14-12-15(24-20-14)13-6-2-1-3-7-13/h1-4,6-8,10,12H,5,9,11H2,(H,18,23). The lowest BCUT2D eigenvalue weighted by Crippen LogP contribution is -2.27. The molecule has 1 aromatic carbocycles. The lowest BCUT2D eigenvalue weighted by atomic mass is 10.1. The smallest absolute Gasteiger partial charge is 0.273 e. The number of aryl methyl sites for hydroxylation is 1. The monoisotopic (exact) mass is 324 g/mol. The third kappa shape index (κ3) is 3.75. The van der Waals surface area contributed by atoms with E-state index in [1.165, 1.54) is 10.7 Å². The number of amides is 1. The van der Waals surface area contributed by atoms with Crippen LogP contribution in [0.4, 0.5) is 0 Å². The van der Waals surface area contributed by atoms with Gasteiger partial charge >= 0.3 is 0 Å². The van der Waals surface area contributed by atoms with Crippen LogP contribution in [0.5, 0.6) is 0 Å². The van der Waals surface area contributed by atoms with E-state index in [1.54, 1.807) is 18.3 Å². The molecule has 1 N–H and O–H groups in total. The van der Waals surface area contributed by atoms with Crippen LogP contribution < -0.4 is 10.9 Å². The molecule has 0 aliphatic heterocycles. The molecule has 7 nitrogen and oxygen atoms in total. The summed E-state index contributed by atoms with van der Waals surface area (Å²) in [7, 11) is 0. The summed E-state index contributed by atoms with van der Waals surface area (Å²) in [5, 5.41) is 10.5. The third-order valence-corrected chi connectivity index (χ3v) is 3.42. The molecule has 0 aliphatic rings. The maximum Gasteiger partial charge on any atom is 0.273 e. The zero-order valence-electron chi connectivity index (χ0n) is 12.9. The Hall–Kier alpha value is -3.22. The fourth-order valence-corrected chi connectivity index (χ4v) is 2.20. The van der Waals surface area contributed by atoms with Crippen molar-refractivity contribution >= 4 is 5.91 Å². The molecule has 0 bridgehead atoms. The van der Waals surface area contributed by atoms with E-state index in [0.29, 0.717) is 25.3 Å². The van der Waals surface area contributed by atoms with E-state index in [2.05, 4.69) is 15.6 Å². The van der Waals surface area contributed by atoms with Crippen molar-refractivity contribution in [2.75, 3.05) is 6.54 Å². The van der Waals surface area contributed by atoms with Gasteiger partial charge in [0.1, 0.15) is 0 Å². The number of aromatic nitrogens is 3. The van der Waals surface area contributed by atoms with Crippen LogP contribution in [-0.2, 0) is 6.54 Å². The van der Waals surface area contributed by atoms with Crippen LogP contribution in [0.25, 0.3) is 11.3 Å². The SMILES string of the molecule is O=C(NCCCn1ncccc1=O)c1cc(-c2ccccc2)on1. The Bertz CT molecular complexity index is 871. The summed E-state index contributed by atoms with van der Waals surface area (Å²) < 4.78 is 6.55. The van der Waals surface area contributed by atoms with Gasteiger partial charge in [-0.05, 0) is 12.5 Å². The van der Waals surface area contributed by atoms with Crippen LogP contribution in [0.1, 0.15) is 16.9 Å². The van der Waals surface area contributed by atoms with Crippen molar-refractivity contribution in [3.05, 3.63) is 70.8 Å². The molecule has 0 spiro atoms. The Labute approximate surface area is 137 Å². The molecule has 0 aliphatic carbocycles. The number of rotatable bonds is 6. The molecule has 0 atom stereocenters. The van der Waals surface area contributed by atoms with Crippen molar-refractivity contribution < 1.29 is 9.32 Å². The normalized spacial score (nSPS) is 10.5. The summed E-state index contributed by atoms with van der Waals surface area (Å²) in [5.74, 6) is 0.232. The average Bonchev–Trinajstić information content (AvgIpc) is 3.11. The summed E-state index contributed by atoms with van der Waals surface area (Å²) in [6, 6.07) is 14.1. The first-order chi connectivity index (χ1) is 11.7. The van der Waals surface area contributed by atoms with Crippen molar-refractivity contribution in [2.45, 2.75) is 13.0 Å². The van der Waals surface area contributed by atoms with Crippen LogP contribution >= 0.6 is 0 Å². The second-order valence-corrected chi connectivity index (χ2v) is 5.14. The highest BCUT2D eigenvalue weighted by atomic mass is 16.5. The average molecular weight is 324 g/mol. The number of nitrogens with one attached hydrogen (secondary N) is 1. The predicted octanol–water partition coefficient (Wildman–Crippen LogP) is 1.72. The van der Waals surface area contributed by atoms with Gasteiger partial charge in [0.2, 0.25) is 0 Å². The first-order valence-corrected chi connectivity index (χ1v) is 7.56. The first-order valence-electron chi connectivity index (χ1n) is 7.56. The molecule has 24 heavy (non-hydrogen) atoms. The second-order valence-electron chi connectivity index (χ2n) is 5.14. The quantitative estimate of drug-likeness (QED) is 0.697. The molecule has 3 rings (SSSR count). The van der Waals surface area contributed by atoms with Crippen LogP contribution in [0.15, 0.2) is 64.0 Å². The summed E-state index contributed by atoms with van der Waals surface area (Å²) in [5.41, 5.74) is 0.926. The highest BCUT2D eigenvalue weighted by Crippen LogP contribution is 2.19. The van der Waals surface area contributed by atoms with Crippen molar-refractivity contribution in [3.8, 4) is 11.3 Å². The minimum atomic E-state index is -0.311. The molecule has 0 saturated heterocycles. The number of hydrogen-bond donors (Lipinski definition) is 1. The molecule has 2 aromatic heterocycles. The topological polar surface area (TPSA) is 90.0 Å². The molecular formula is C17H16N4O3. The summed E-state index contributed by atoms with van der Waals surface area (Å²) in [4.78, 5) is 23.5.